The van der Waals surface area contributed by atoms with Crippen molar-refractivity contribution in [2.45, 2.75) is 0 Å². The summed E-state index contributed by atoms with van der Waals surface area (Å²) in [5.41, 5.74) is 5.01. The zero-order valence-corrected chi connectivity index (χ0v) is 12.9. The van der Waals surface area contributed by atoms with Crippen LogP contribution in [-0.2, 0) is 0 Å². The lowest BCUT2D eigenvalue weighted by Crippen LogP contribution is -2.16. The van der Waals surface area contributed by atoms with E-state index >= 15 is 0 Å². The number of nitrogens with zero attached hydrogens (tertiary/aromatic N) is 2. The summed E-state index contributed by atoms with van der Waals surface area (Å²) in [7, 11) is 0. The van der Waals surface area contributed by atoms with Crippen LogP contribution in [0.3, 0.4) is 0 Å². The molecule has 0 aliphatic rings. The highest BCUT2D eigenvalue weighted by Crippen LogP contribution is 2.21. The minimum Gasteiger partial charge on any atom is -0.277 e. The van der Waals surface area contributed by atoms with E-state index in [9.17, 15) is 4.79 Å². The fourth-order valence-electron chi connectivity index (χ4n) is 1.86. The van der Waals surface area contributed by atoms with E-state index in [1.165, 1.54) is 11.3 Å². The second kappa shape index (κ2) is 6.55. The number of carbonyl (C=O) groups is 1. The quantitative estimate of drug-likeness (QED) is 0.567. The highest BCUT2D eigenvalue weighted by atomic mass is 35.5. The normalized spacial score (nSPS) is 11.0. The van der Waals surface area contributed by atoms with Crippen LogP contribution in [0.25, 0.3) is 11.3 Å². The van der Waals surface area contributed by atoms with Gasteiger partial charge in [0.15, 0.2) is 0 Å². The Morgan fingerprint density at radius 2 is 2.14 bits per heavy atom. The molecule has 0 aliphatic heterocycles. The maximum absolute atomic E-state index is 11.8. The lowest BCUT2D eigenvalue weighted by Gasteiger charge is -2.00. The number of rotatable bonds is 4. The number of halogens is 1. The van der Waals surface area contributed by atoms with E-state index in [0.29, 0.717) is 9.90 Å². The predicted molar refractivity (Wildman–Crippen MR) is 88.4 cm³/mol. The maximum atomic E-state index is 11.8. The number of aromatic nitrogens is 2. The van der Waals surface area contributed by atoms with E-state index < -0.39 is 0 Å². The first kappa shape index (κ1) is 14.5. The number of nitrogens with one attached hydrogen (secondary N) is 2. The van der Waals surface area contributed by atoms with Crippen molar-refractivity contribution < 1.29 is 4.79 Å². The van der Waals surface area contributed by atoms with Crippen LogP contribution in [0.5, 0.6) is 0 Å². The number of benzene rings is 1. The molecule has 2 heterocycles. The summed E-state index contributed by atoms with van der Waals surface area (Å²) in [4.78, 5) is 12.4. The Morgan fingerprint density at radius 3 is 2.86 bits per heavy atom. The van der Waals surface area contributed by atoms with Crippen LogP contribution in [0, 0.1) is 0 Å². The fraction of sp³-hybridized carbons (Fsp3) is 0. The van der Waals surface area contributed by atoms with E-state index in [2.05, 4.69) is 20.7 Å². The van der Waals surface area contributed by atoms with Gasteiger partial charge in [-0.3, -0.25) is 9.89 Å². The first-order chi connectivity index (χ1) is 10.7. The molecule has 0 radical (unpaired) electrons. The second-order valence-corrected chi connectivity index (χ2v) is 5.77. The number of aromatic amines is 1. The van der Waals surface area contributed by atoms with E-state index in [1.54, 1.807) is 30.6 Å². The van der Waals surface area contributed by atoms with Crippen LogP contribution in [0.15, 0.2) is 53.1 Å². The highest BCUT2D eigenvalue weighted by Gasteiger charge is 2.07. The maximum Gasteiger partial charge on any atom is 0.281 e. The molecule has 0 saturated carbocycles. The number of hydrogen-bond donors (Lipinski definition) is 2. The van der Waals surface area contributed by atoms with Gasteiger partial charge in [0, 0.05) is 16.1 Å². The van der Waals surface area contributed by atoms with Gasteiger partial charge in [0.1, 0.15) is 0 Å². The zero-order chi connectivity index (χ0) is 15.4. The number of H-pyrrole nitrogens is 1. The Kier molecular flexibility index (Phi) is 4.32. The lowest BCUT2D eigenvalue weighted by atomic mass is 10.1. The van der Waals surface area contributed by atoms with Crippen LogP contribution in [-0.4, -0.2) is 22.3 Å². The first-order valence-corrected chi connectivity index (χ1v) is 7.66. The van der Waals surface area contributed by atoms with Gasteiger partial charge >= 0.3 is 0 Å². The number of hydrazone groups is 1. The molecule has 0 saturated heterocycles. The van der Waals surface area contributed by atoms with Crippen molar-refractivity contribution in [3.05, 3.63) is 63.4 Å². The molecule has 2 N–H and O–H groups in total. The van der Waals surface area contributed by atoms with Crippen molar-refractivity contribution in [1.29, 1.82) is 0 Å². The molecular formula is C15H11ClN4OS. The summed E-state index contributed by atoms with van der Waals surface area (Å²) in [6, 6.07) is 10.9. The molecule has 1 amide bonds. The van der Waals surface area contributed by atoms with Crippen LogP contribution < -0.4 is 5.43 Å². The van der Waals surface area contributed by atoms with Crippen molar-refractivity contribution in [2.24, 2.45) is 5.10 Å². The third-order valence-electron chi connectivity index (χ3n) is 2.92. The molecule has 0 aliphatic carbocycles. The molecule has 0 atom stereocenters. The van der Waals surface area contributed by atoms with E-state index in [4.69, 9.17) is 11.6 Å². The second-order valence-electron chi connectivity index (χ2n) is 4.38. The number of hydrogen-bond acceptors (Lipinski definition) is 4. The lowest BCUT2D eigenvalue weighted by molar-refractivity contribution is 0.0959. The molecule has 2 aromatic heterocycles. The van der Waals surface area contributed by atoms with Crippen LogP contribution in [0.1, 0.15) is 15.2 Å². The molecule has 110 valence electrons. The Bertz CT molecular complexity index is 793. The molecule has 0 spiro atoms. The van der Waals surface area contributed by atoms with E-state index in [1.807, 2.05) is 23.6 Å². The number of carbonyl (C=O) groups excluding carboxylic acids is 1. The summed E-state index contributed by atoms with van der Waals surface area (Å²) < 4.78 is 0. The van der Waals surface area contributed by atoms with Gasteiger partial charge in [-0.25, -0.2) is 5.43 Å². The Hall–Kier alpha value is -2.44. The van der Waals surface area contributed by atoms with Gasteiger partial charge in [-0.15, -0.1) is 11.3 Å². The van der Waals surface area contributed by atoms with Crippen LogP contribution in [0.4, 0.5) is 0 Å². The average molecular weight is 331 g/mol. The molecule has 0 fully saturated rings. The molecule has 1 aromatic carbocycles. The summed E-state index contributed by atoms with van der Waals surface area (Å²) >= 11 is 7.24. The van der Waals surface area contributed by atoms with Crippen LogP contribution in [0.2, 0.25) is 5.02 Å². The van der Waals surface area contributed by atoms with Gasteiger partial charge < -0.3 is 0 Å². The number of amides is 1. The van der Waals surface area contributed by atoms with Gasteiger partial charge in [0.2, 0.25) is 0 Å². The first-order valence-electron chi connectivity index (χ1n) is 6.40. The van der Waals surface area contributed by atoms with Gasteiger partial charge in [-0.05, 0) is 23.6 Å². The third kappa shape index (κ3) is 3.24. The fourth-order valence-corrected chi connectivity index (χ4v) is 2.60. The van der Waals surface area contributed by atoms with Crippen molar-refractivity contribution in [3.8, 4) is 11.3 Å². The minimum atomic E-state index is -0.234. The van der Waals surface area contributed by atoms with E-state index in [-0.39, 0.29) is 5.91 Å². The van der Waals surface area contributed by atoms with Crippen molar-refractivity contribution >= 4 is 35.1 Å². The largest absolute Gasteiger partial charge is 0.281 e. The molecule has 5 nitrogen and oxygen atoms in total. The zero-order valence-electron chi connectivity index (χ0n) is 11.3. The Balaban J connectivity index is 1.74. The highest BCUT2D eigenvalue weighted by molar-refractivity contribution is 7.12. The summed E-state index contributed by atoms with van der Waals surface area (Å²) in [5, 5.41) is 13.4. The summed E-state index contributed by atoms with van der Waals surface area (Å²) in [5.74, 6) is -0.234. The molecule has 7 heteroatoms. The molecular weight excluding hydrogens is 320 g/mol. The van der Waals surface area contributed by atoms with Crippen molar-refractivity contribution in [3.63, 3.8) is 0 Å². The van der Waals surface area contributed by atoms with Gasteiger partial charge in [0.25, 0.3) is 5.91 Å². The van der Waals surface area contributed by atoms with Gasteiger partial charge in [-0.2, -0.15) is 10.2 Å². The van der Waals surface area contributed by atoms with Gasteiger partial charge in [0.05, 0.1) is 23.0 Å². The van der Waals surface area contributed by atoms with E-state index in [0.717, 1.165) is 16.8 Å². The Labute approximate surface area is 135 Å². The predicted octanol–water partition coefficient (Wildman–Crippen LogP) is 3.56. The molecule has 0 bridgehead atoms. The molecule has 3 rings (SSSR count). The summed E-state index contributed by atoms with van der Waals surface area (Å²) in [6.07, 6.45) is 3.20. The minimum absolute atomic E-state index is 0.234. The summed E-state index contributed by atoms with van der Waals surface area (Å²) in [6.45, 7) is 0. The molecule has 0 unspecified atom stereocenters. The average Bonchev–Trinajstić information content (AvgIpc) is 3.19. The standard InChI is InChI=1S/C15H11ClN4OS/c16-12-5-3-10(4-6-12)14-11(8-17-19-14)9-18-20-15(21)13-2-1-7-22-13/h1-9H,(H,17,19)(H,20,21)/b18-9-. The molecule has 3 aromatic rings. The van der Waals surface area contributed by atoms with Crippen molar-refractivity contribution in [1.82, 2.24) is 15.6 Å². The Morgan fingerprint density at radius 1 is 1.32 bits per heavy atom. The SMILES string of the molecule is O=C(N/N=C\c1cn[nH]c1-c1ccc(Cl)cc1)c1cccs1. The van der Waals surface area contributed by atoms with Gasteiger partial charge in [-0.1, -0.05) is 29.8 Å². The monoisotopic (exact) mass is 330 g/mol. The third-order valence-corrected chi connectivity index (χ3v) is 4.04. The van der Waals surface area contributed by atoms with Crippen molar-refractivity contribution in [2.75, 3.05) is 0 Å². The molecule has 22 heavy (non-hydrogen) atoms. The number of thiophene rings is 1. The van der Waals surface area contributed by atoms with Crippen LogP contribution >= 0.6 is 22.9 Å². The smallest absolute Gasteiger partial charge is 0.277 e. The topological polar surface area (TPSA) is 70.1 Å².